The molecule has 0 aliphatic carbocycles. The number of hydrogen-bond acceptors (Lipinski definition) is 5. The van der Waals surface area contributed by atoms with Gasteiger partial charge in [0.25, 0.3) is 0 Å². The number of nitrogens with zero attached hydrogens (tertiary/aromatic N) is 5. The van der Waals surface area contributed by atoms with Gasteiger partial charge in [-0.2, -0.15) is 4.98 Å². The molecule has 0 spiro atoms. The summed E-state index contributed by atoms with van der Waals surface area (Å²) in [6.07, 6.45) is 2.74. The Morgan fingerprint density at radius 3 is 2.32 bits per heavy atom. The van der Waals surface area contributed by atoms with Crippen molar-refractivity contribution in [2.45, 2.75) is 19.3 Å². The summed E-state index contributed by atoms with van der Waals surface area (Å²) in [7, 11) is 0. The number of carbonyl (C=O) groups is 1. The SMILES string of the molecule is O=C(O)N1CCN(c2nc(Cl)cc(N3CCCCC3)n2)CC1. The molecule has 120 valence electrons. The molecule has 0 unspecified atom stereocenters. The van der Waals surface area contributed by atoms with E-state index in [1.807, 2.05) is 11.0 Å². The van der Waals surface area contributed by atoms with Crippen LogP contribution in [0.4, 0.5) is 16.6 Å². The maximum absolute atomic E-state index is 11.0. The highest BCUT2D eigenvalue weighted by Gasteiger charge is 2.23. The molecule has 3 rings (SSSR count). The monoisotopic (exact) mass is 325 g/mol. The zero-order valence-electron chi connectivity index (χ0n) is 12.4. The molecule has 7 nitrogen and oxygen atoms in total. The first-order valence-electron chi connectivity index (χ1n) is 7.66. The third-order valence-electron chi connectivity index (χ3n) is 4.18. The maximum Gasteiger partial charge on any atom is 0.407 e. The minimum atomic E-state index is -0.874. The van der Waals surface area contributed by atoms with Crippen LogP contribution in [0.25, 0.3) is 0 Å². The Kier molecular flexibility index (Phi) is 4.52. The van der Waals surface area contributed by atoms with Gasteiger partial charge in [-0.25, -0.2) is 9.78 Å². The highest BCUT2D eigenvalue weighted by Crippen LogP contribution is 2.24. The predicted molar refractivity (Wildman–Crippen MR) is 84.9 cm³/mol. The number of halogens is 1. The van der Waals surface area contributed by atoms with Gasteiger partial charge in [-0.05, 0) is 19.3 Å². The molecule has 2 fully saturated rings. The van der Waals surface area contributed by atoms with E-state index < -0.39 is 6.09 Å². The zero-order chi connectivity index (χ0) is 15.5. The molecule has 1 amide bonds. The standard InChI is InChI=1S/C14H20ClN5O2/c15-11-10-12(18-4-2-1-3-5-18)17-13(16-11)19-6-8-20(9-7-19)14(21)22/h10H,1-9H2,(H,21,22). The first-order valence-corrected chi connectivity index (χ1v) is 8.03. The van der Waals surface area contributed by atoms with Crippen molar-refractivity contribution in [2.75, 3.05) is 49.1 Å². The lowest BCUT2D eigenvalue weighted by Crippen LogP contribution is -2.49. The molecule has 2 saturated heterocycles. The smallest absolute Gasteiger partial charge is 0.407 e. The van der Waals surface area contributed by atoms with E-state index in [1.54, 1.807) is 0 Å². The van der Waals surface area contributed by atoms with E-state index >= 15 is 0 Å². The summed E-state index contributed by atoms with van der Waals surface area (Å²) in [4.78, 5) is 25.6. The van der Waals surface area contributed by atoms with Gasteiger partial charge >= 0.3 is 6.09 Å². The Hall–Kier alpha value is -1.76. The molecule has 1 aromatic rings. The maximum atomic E-state index is 11.0. The number of amides is 1. The average Bonchev–Trinajstić information content (AvgIpc) is 2.55. The number of aromatic nitrogens is 2. The molecule has 1 aromatic heterocycles. The van der Waals surface area contributed by atoms with E-state index in [-0.39, 0.29) is 0 Å². The Labute approximate surface area is 134 Å². The van der Waals surface area contributed by atoms with E-state index in [0.29, 0.717) is 37.3 Å². The van der Waals surface area contributed by atoms with E-state index in [0.717, 1.165) is 18.9 Å². The van der Waals surface area contributed by atoms with Crippen LogP contribution in [0.5, 0.6) is 0 Å². The van der Waals surface area contributed by atoms with Crippen LogP contribution in [0.1, 0.15) is 19.3 Å². The second-order valence-electron chi connectivity index (χ2n) is 5.65. The van der Waals surface area contributed by atoms with Crippen LogP contribution in [-0.2, 0) is 0 Å². The van der Waals surface area contributed by atoms with Gasteiger partial charge in [-0.3, -0.25) is 0 Å². The summed E-state index contributed by atoms with van der Waals surface area (Å²) in [5.41, 5.74) is 0. The first kappa shape index (κ1) is 15.1. The largest absolute Gasteiger partial charge is 0.465 e. The van der Waals surface area contributed by atoms with Crippen LogP contribution in [-0.4, -0.2) is 65.3 Å². The molecule has 2 aliphatic heterocycles. The van der Waals surface area contributed by atoms with Crippen molar-refractivity contribution >= 4 is 29.5 Å². The molecule has 0 radical (unpaired) electrons. The van der Waals surface area contributed by atoms with Gasteiger partial charge in [-0.1, -0.05) is 11.6 Å². The fourth-order valence-corrected chi connectivity index (χ4v) is 3.09. The van der Waals surface area contributed by atoms with Gasteiger partial charge in [-0.15, -0.1) is 0 Å². The third kappa shape index (κ3) is 3.35. The zero-order valence-corrected chi connectivity index (χ0v) is 13.2. The van der Waals surface area contributed by atoms with Crippen LogP contribution >= 0.6 is 11.6 Å². The lowest BCUT2D eigenvalue weighted by atomic mass is 10.1. The quantitative estimate of drug-likeness (QED) is 0.838. The number of piperazine rings is 1. The van der Waals surface area contributed by atoms with Gasteiger partial charge in [0.2, 0.25) is 5.95 Å². The highest BCUT2D eigenvalue weighted by atomic mass is 35.5. The number of carboxylic acid groups (broad SMARTS) is 1. The van der Waals surface area contributed by atoms with Crippen molar-refractivity contribution in [2.24, 2.45) is 0 Å². The molecule has 0 atom stereocenters. The topological polar surface area (TPSA) is 72.8 Å². The van der Waals surface area contributed by atoms with Crippen LogP contribution < -0.4 is 9.80 Å². The van der Waals surface area contributed by atoms with Gasteiger partial charge in [0, 0.05) is 45.3 Å². The van der Waals surface area contributed by atoms with E-state index in [9.17, 15) is 4.79 Å². The summed E-state index contributed by atoms with van der Waals surface area (Å²) < 4.78 is 0. The van der Waals surface area contributed by atoms with Crippen molar-refractivity contribution < 1.29 is 9.90 Å². The highest BCUT2D eigenvalue weighted by molar-refractivity contribution is 6.29. The minimum absolute atomic E-state index is 0.436. The molecule has 22 heavy (non-hydrogen) atoms. The minimum Gasteiger partial charge on any atom is -0.465 e. The average molecular weight is 326 g/mol. The van der Waals surface area contributed by atoms with Crippen molar-refractivity contribution in [3.8, 4) is 0 Å². The molecular formula is C14H20ClN5O2. The molecule has 8 heteroatoms. The van der Waals surface area contributed by atoms with E-state index in [4.69, 9.17) is 16.7 Å². The normalized spacial score (nSPS) is 19.4. The predicted octanol–water partition coefficient (Wildman–Crippen LogP) is 1.92. The molecule has 1 N–H and O–H groups in total. The van der Waals surface area contributed by atoms with Gasteiger partial charge < -0.3 is 19.8 Å². The number of piperidine rings is 1. The Bertz CT molecular complexity index is 542. The Morgan fingerprint density at radius 1 is 1.00 bits per heavy atom. The number of anilines is 2. The molecule has 0 saturated carbocycles. The lowest BCUT2D eigenvalue weighted by Gasteiger charge is -2.34. The Morgan fingerprint density at radius 2 is 1.68 bits per heavy atom. The third-order valence-corrected chi connectivity index (χ3v) is 4.38. The fraction of sp³-hybridized carbons (Fsp3) is 0.643. The molecule has 0 aromatic carbocycles. The summed E-state index contributed by atoms with van der Waals surface area (Å²) >= 11 is 6.16. The molecule has 3 heterocycles. The Balaban J connectivity index is 1.74. The second kappa shape index (κ2) is 6.56. The van der Waals surface area contributed by atoms with Crippen molar-refractivity contribution in [3.05, 3.63) is 11.2 Å². The lowest BCUT2D eigenvalue weighted by molar-refractivity contribution is 0.142. The van der Waals surface area contributed by atoms with Crippen molar-refractivity contribution in [1.82, 2.24) is 14.9 Å². The van der Waals surface area contributed by atoms with Gasteiger partial charge in [0.15, 0.2) is 0 Å². The summed E-state index contributed by atoms with van der Waals surface area (Å²) in [5.74, 6) is 1.47. The number of rotatable bonds is 2. The second-order valence-corrected chi connectivity index (χ2v) is 6.04. The molecule has 0 bridgehead atoms. The van der Waals surface area contributed by atoms with Crippen molar-refractivity contribution in [3.63, 3.8) is 0 Å². The van der Waals surface area contributed by atoms with Crippen LogP contribution in [0.15, 0.2) is 6.07 Å². The summed E-state index contributed by atoms with van der Waals surface area (Å²) in [6.45, 7) is 4.10. The first-order chi connectivity index (χ1) is 10.6. The van der Waals surface area contributed by atoms with Gasteiger partial charge in [0.05, 0.1) is 0 Å². The number of hydrogen-bond donors (Lipinski definition) is 1. The van der Waals surface area contributed by atoms with E-state index in [2.05, 4.69) is 14.9 Å². The van der Waals surface area contributed by atoms with Gasteiger partial charge in [0.1, 0.15) is 11.0 Å². The van der Waals surface area contributed by atoms with Crippen molar-refractivity contribution in [1.29, 1.82) is 0 Å². The summed E-state index contributed by atoms with van der Waals surface area (Å²) in [5, 5.41) is 9.44. The molecule has 2 aliphatic rings. The summed E-state index contributed by atoms with van der Waals surface area (Å²) in [6, 6.07) is 1.81. The fourth-order valence-electron chi connectivity index (χ4n) is 2.92. The van der Waals surface area contributed by atoms with Crippen LogP contribution in [0.2, 0.25) is 5.15 Å². The van der Waals surface area contributed by atoms with E-state index in [1.165, 1.54) is 24.2 Å². The van der Waals surface area contributed by atoms with Crippen LogP contribution in [0, 0.1) is 0 Å². The van der Waals surface area contributed by atoms with Crippen LogP contribution in [0.3, 0.4) is 0 Å². The molecular weight excluding hydrogens is 306 g/mol.